The molecule has 0 spiro atoms. The highest BCUT2D eigenvalue weighted by Gasteiger charge is 2.52. The van der Waals surface area contributed by atoms with Crippen LogP contribution >= 0.6 is 11.3 Å². The van der Waals surface area contributed by atoms with Gasteiger partial charge in [0, 0.05) is 6.54 Å². The number of thiazole rings is 1. The number of rotatable bonds is 3. The van der Waals surface area contributed by atoms with Gasteiger partial charge >= 0.3 is 7.12 Å². The van der Waals surface area contributed by atoms with Crippen molar-refractivity contribution < 1.29 is 9.31 Å². The van der Waals surface area contributed by atoms with E-state index in [9.17, 15) is 0 Å². The predicted molar refractivity (Wildman–Crippen MR) is 92.7 cm³/mol. The van der Waals surface area contributed by atoms with Crippen molar-refractivity contribution in [3.63, 3.8) is 0 Å². The minimum Gasteiger partial charge on any atom is -0.400 e. The van der Waals surface area contributed by atoms with Crippen LogP contribution in [-0.2, 0) is 9.31 Å². The van der Waals surface area contributed by atoms with E-state index in [0.29, 0.717) is 6.54 Å². The summed E-state index contributed by atoms with van der Waals surface area (Å²) in [6.45, 7) is 8.58. The van der Waals surface area contributed by atoms with E-state index >= 15 is 0 Å². The first-order valence-corrected chi connectivity index (χ1v) is 8.30. The van der Waals surface area contributed by atoms with E-state index in [1.54, 1.807) is 11.3 Å². The van der Waals surface area contributed by atoms with Crippen LogP contribution < -0.4 is 5.73 Å². The molecule has 3 rings (SSSR count). The molecule has 2 heterocycles. The van der Waals surface area contributed by atoms with Crippen molar-refractivity contribution in [3.05, 3.63) is 34.7 Å². The Morgan fingerprint density at radius 1 is 1.27 bits per heavy atom. The Balaban J connectivity index is 1.90. The third kappa shape index (κ3) is 2.72. The van der Waals surface area contributed by atoms with E-state index in [1.807, 2.05) is 45.3 Å². The summed E-state index contributed by atoms with van der Waals surface area (Å²) in [5.41, 5.74) is 10.1. The van der Waals surface area contributed by atoms with Crippen LogP contribution in [-0.4, -0.2) is 29.8 Å². The molecule has 0 bridgehead atoms. The zero-order chi connectivity index (χ0) is 16.0. The van der Waals surface area contributed by atoms with E-state index in [-0.39, 0.29) is 11.2 Å². The molecule has 4 nitrogen and oxygen atoms in total. The summed E-state index contributed by atoms with van der Waals surface area (Å²) in [5.74, 6) is 0. The van der Waals surface area contributed by atoms with Crippen LogP contribution in [0.5, 0.6) is 0 Å². The molecule has 1 aromatic heterocycles. The van der Waals surface area contributed by atoms with Crippen LogP contribution in [0.4, 0.5) is 0 Å². The molecule has 1 saturated heterocycles. The maximum atomic E-state index is 6.08. The number of benzene rings is 1. The van der Waals surface area contributed by atoms with Gasteiger partial charge in [-0.05, 0) is 50.9 Å². The van der Waals surface area contributed by atoms with Crippen LogP contribution in [0.25, 0.3) is 16.3 Å². The van der Waals surface area contributed by atoms with Gasteiger partial charge in [0.05, 0.1) is 26.9 Å². The Labute approximate surface area is 135 Å². The van der Waals surface area contributed by atoms with Gasteiger partial charge in [0.25, 0.3) is 0 Å². The summed E-state index contributed by atoms with van der Waals surface area (Å²) in [6, 6.07) is 6.19. The number of nitrogens with zero attached hydrogens (tertiary/aromatic N) is 1. The first-order valence-electron chi connectivity index (χ1n) is 7.42. The Hall–Kier alpha value is -1.21. The molecule has 1 aromatic carbocycles. The smallest absolute Gasteiger partial charge is 0.400 e. The number of hydrogen-bond donors (Lipinski definition) is 1. The number of hydrogen-bond acceptors (Lipinski definition) is 5. The quantitative estimate of drug-likeness (QED) is 0.883. The molecule has 1 aliphatic rings. The topological polar surface area (TPSA) is 57.4 Å². The Morgan fingerprint density at radius 2 is 1.95 bits per heavy atom. The van der Waals surface area contributed by atoms with Gasteiger partial charge in [-0.15, -0.1) is 11.3 Å². The lowest BCUT2D eigenvalue weighted by Crippen LogP contribution is -2.41. The van der Waals surface area contributed by atoms with Crippen molar-refractivity contribution >= 4 is 34.7 Å². The van der Waals surface area contributed by atoms with E-state index in [0.717, 1.165) is 16.6 Å². The van der Waals surface area contributed by atoms with Gasteiger partial charge in [0.15, 0.2) is 0 Å². The second kappa shape index (κ2) is 5.46. The van der Waals surface area contributed by atoms with E-state index < -0.39 is 7.12 Å². The number of aromatic nitrogens is 1. The molecule has 0 aliphatic carbocycles. The molecule has 2 aromatic rings. The minimum absolute atomic E-state index is 0.354. The Kier molecular flexibility index (Phi) is 3.89. The monoisotopic (exact) mass is 316 g/mol. The normalized spacial score (nSPS) is 20.8. The van der Waals surface area contributed by atoms with Crippen molar-refractivity contribution in [2.45, 2.75) is 38.9 Å². The van der Waals surface area contributed by atoms with Crippen LogP contribution in [0, 0.1) is 0 Å². The molecule has 116 valence electrons. The SMILES string of the molecule is CC1(C)OB(C(=Cc2ccc3ncsc3c2)CN)OC1(C)C. The highest BCUT2D eigenvalue weighted by molar-refractivity contribution is 7.16. The van der Waals surface area contributed by atoms with Crippen molar-refractivity contribution in [2.24, 2.45) is 5.73 Å². The predicted octanol–water partition coefficient (Wildman–Crippen LogP) is 3.27. The molecular formula is C16H21BN2O2S. The first kappa shape index (κ1) is 15.7. The summed E-state index contributed by atoms with van der Waals surface area (Å²) in [5, 5.41) is 0. The van der Waals surface area contributed by atoms with Gasteiger partial charge in [-0.3, -0.25) is 0 Å². The summed E-state index contributed by atoms with van der Waals surface area (Å²) in [6.07, 6.45) is 2.06. The molecule has 0 atom stereocenters. The molecule has 0 amide bonds. The molecule has 0 unspecified atom stereocenters. The standard InChI is InChI=1S/C16H21BN2O2S/c1-15(2)16(3,4)21-17(20-15)12(9-18)7-11-5-6-13-14(8-11)22-10-19-13/h5-8,10H,9,18H2,1-4H3. The zero-order valence-electron chi connectivity index (χ0n) is 13.4. The van der Waals surface area contributed by atoms with Crippen LogP contribution in [0.2, 0.25) is 0 Å². The van der Waals surface area contributed by atoms with Crippen LogP contribution in [0.1, 0.15) is 33.3 Å². The third-order valence-corrected chi connectivity index (χ3v) is 5.29. The average molecular weight is 316 g/mol. The fourth-order valence-electron chi connectivity index (χ4n) is 2.39. The molecule has 0 saturated carbocycles. The number of fused-ring (bicyclic) bond motifs is 1. The second-order valence-corrected chi connectivity index (χ2v) is 7.48. The minimum atomic E-state index is -0.396. The summed E-state index contributed by atoms with van der Waals surface area (Å²) >= 11 is 1.63. The Morgan fingerprint density at radius 3 is 2.59 bits per heavy atom. The summed E-state index contributed by atoms with van der Waals surface area (Å²) < 4.78 is 13.3. The first-order chi connectivity index (χ1) is 10.3. The second-order valence-electron chi connectivity index (χ2n) is 6.59. The van der Waals surface area contributed by atoms with Gasteiger partial charge < -0.3 is 15.0 Å². The van der Waals surface area contributed by atoms with E-state index in [2.05, 4.69) is 17.1 Å². The van der Waals surface area contributed by atoms with Gasteiger partial charge in [0.2, 0.25) is 0 Å². The third-order valence-electron chi connectivity index (χ3n) is 4.50. The van der Waals surface area contributed by atoms with Crippen molar-refractivity contribution in [3.8, 4) is 0 Å². The maximum absolute atomic E-state index is 6.08. The van der Waals surface area contributed by atoms with Crippen molar-refractivity contribution in [2.75, 3.05) is 6.54 Å². The summed E-state index contributed by atoms with van der Waals surface area (Å²) in [4.78, 5) is 4.30. The molecule has 6 heteroatoms. The highest BCUT2D eigenvalue weighted by atomic mass is 32.1. The van der Waals surface area contributed by atoms with Gasteiger partial charge in [0.1, 0.15) is 0 Å². The van der Waals surface area contributed by atoms with Crippen molar-refractivity contribution in [1.29, 1.82) is 0 Å². The zero-order valence-corrected chi connectivity index (χ0v) is 14.2. The van der Waals surface area contributed by atoms with Crippen LogP contribution in [0.3, 0.4) is 0 Å². The number of nitrogens with two attached hydrogens (primary N) is 1. The highest BCUT2D eigenvalue weighted by Crippen LogP contribution is 2.38. The largest absolute Gasteiger partial charge is 0.491 e. The van der Waals surface area contributed by atoms with E-state index in [4.69, 9.17) is 15.0 Å². The molecule has 0 radical (unpaired) electrons. The average Bonchev–Trinajstić information content (AvgIpc) is 2.98. The lowest BCUT2D eigenvalue weighted by molar-refractivity contribution is 0.00578. The van der Waals surface area contributed by atoms with Crippen molar-refractivity contribution in [1.82, 2.24) is 4.98 Å². The fourth-order valence-corrected chi connectivity index (χ4v) is 3.12. The lowest BCUT2D eigenvalue weighted by atomic mass is 9.77. The van der Waals surface area contributed by atoms with Gasteiger partial charge in [-0.25, -0.2) is 4.98 Å². The molecule has 1 fully saturated rings. The van der Waals surface area contributed by atoms with E-state index in [1.165, 1.54) is 4.70 Å². The molecular weight excluding hydrogens is 295 g/mol. The molecule has 22 heavy (non-hydrogen) atoms. The van der Waals surface area contributed by atoms with Gasteiger partial charge in [-0.1, -0.05) is 12.1 Å². The molecule has 2 N–H and O–H groups in total. The summed E-state index contributed by atoms with van der Waals surface area (Å²) in [7, 11) is -0.396. The maximum Gasteiger partial charge on any atom is 0.491 e. The van der Waals surface area contributed by atoms with Crippen LogP contribution in [0.15, 0.2) is 29.2 Å². The fraction of sp³-hybridized carbons (Fsp3) is 0.438. The van der Waals surface area contributed by atoms with Gasteiger partial charge in [-0.2, -0.15) is 0 Å². The Bertz CT molecular complexity index is 708. The molecule has 1 aliphatic heterocycles. The lowest BCUT2D eigenvalue weighted by Gasteiger charge is -2.32.